The largest absolute Gasteiger partial charge is 0.485 e. The molecule has 1 aromatic carbocycles. The van der Waals surface area contributed by atoms with E-state index in [4.69, 9.17) is 9.47 Å². The zero-order valence-corrected chi connectivity index (χ0v) is 11.8. The molecule has 0 aliphatic carbocycles. The molecule has 1 aliphatic rings. The summed E-state index contributed by atoms with van der Waals surface area (Å²) in [5.74, 6) is 0.294. The molecule has 3 rings (SSSR count). The molecule has 102 valence electrons. The van der Waals surface area contributed by atoms with Gasteiger partial charge in [-0.3, -0.25) is 0 Å². The van der Waals surface area contributed by atoms with Crippen LogP contribution in [0.2, 0.25) is 0 Å². The predicted octanol–water partition coefficient (Wildman–Crippen LogP) is 1.86. The van der Waals surface area contributed by atoms with Gasteiger partial charge in [-0.1, -0.05) is 0 Å². The van der Waals surface area contributed by atoms with Crippen LogP contribution in [0, 0.1) is 0 Å². The number of nitrogens with one attached hydrogen (secondary N) is 1. The van der Waals surface area contributed by atoms with Crippen LogP contribution < -0.4 is 10.1 Å². The first-order valence-corrected chi connectivity index (χ1v) is 6.49. The molecule has 0 spiro atoms. The van der Waals surface area contributed by atoms with Gasteiger partial charge in [0.15, 0.2) is 0 Å². The van der Waals surface area contributed by atoms with Gasteiger partial charge in [0, 0.05) is 13.1 Å². The molecule has 1 aromatic heterocycles. The van der Waals surface area contributed by atoms with E-state index in [-0.39, 0.29) is 24.5 Å². The molecule has 0 unspecified atom stereocenters. The lowest BCUT2D eigenvalue weighted by Gasteiger charge is -2.28. The molecule has 19 heavy (non-hydrogen) atoms. The Kier molecular flexibility index (Phi) is 4.24. The third-order valence-electron chi connectivity index (χ3n) is 2.86. The lowest BCUT2D eigenvalue weighted by Crippen LogP contribution is -2.50. The second kappa shape index (κ2) is 5.73. The minimum Gasteiger partial charge on any atom is -0.485 e. The van der Waals surface area contributed by atoms with Gasteiger partial charge in [-0.25, -0.2) is 9.78 Å². The van der Waals surface area contributed by atoms with Crippen molar-refractivity contribution in [3.05, 3.63) is 23.2 Å². The van der Waals surface area contributed by atoms with Crippen LogP contribution in [0.4, 0.5) is 0 Å². The van der Waals surface area contributed by atoms with Crippen LogP contribution in [0.25, 0.3) is 10.2 Å². The molecule has 2 aromatic rings. The van der Waals surface area contributed by atoms with Gasteiger partial charge in [-0.2, -0.15) is 0 Å². The SMILES string of the molecule is COC(=O)c1cc(OC2CNC2)c2ncsc2c1.Cl. The maximum atomic E-state index is 11.6. The van der Waals surface area contributed by atoms with Crippen molar-refractivity contribution in [1.82, 2.24) is 10.3 Å². The number of methoxy groups -OCH3 is 1. The molecule has 0 bridgehead atoms. The average Bonchev–Trinajstić information content (AvgIpc) is 2.80. The monoisotopic (exact) mass is 300 g/mol. The summed E-state index contributed by atoms with van der Waals surface area (Å²) in [6.45, 7) is 1.65. The Morgan fingerprint density at radius 2 is 2.26 bits per heavy atom. The summed E-state index contributed by atoms with van der Waals surface area (Å²) in [6, 6.07) is 3.48. The minimum absolute atomic E-state index is 0. The average molecular weight is 301 g/mol. The summed E-state index contributed by atoms with van der Waals surface area (Å²) < 4.78 is 11.5. The van der Waals surface area contributed by atoms with Crippen molar-refractivity contribution in [2.75, 3.05) is 20.2 Å². The number of thiazole rings is 1. The van der Waals surface area contributed by atoms with E-state index in [1.54, 1.807) is 17.6 Å². The van der Waals surface area contributed by atoms with Crippen LogP contribution in [0.5, 0.6) is 5.75 Å². The number of carbonyl (C=O) groups is 1. The summed E-state index contributed by atoms with van der Waals surface area (Å²) in [6.07, 6.45) is 0.155. The second-order valence-corrected chi connectivity index (χ2v) is 4.95. The van der Waals surface area contributed by atoms with Crippen LogP contribution in [0.15, 0.2) is 17.6 Å². The van der Waals surface area contributed by atoms with Gasteiger partial charge in [0.05, 0.1) is 22.9 Å². The van der Waals surface area contributed by atoms with Crippen molar-refractivity contribution < 1.29 is 14.3 Å². The first-order valence-electron chi connectivity index (χ1n) is 5.61. The Morgan fingerprint density at radius 3 is 2.89 bits per heavy atom. The molecule has 2 heterocycles. The van der Waals surface area contributed by atoms with E-state index in [1.807, 2.05) is 0 Å². The molecule has 1 fully saturated rings. The summed E-state index contributed by atoms with van der Waals surface area (Å²) >= 11 is 1.48. The number of hydrogen-bond donors (Lipinski definition) is 1. The van der Waals surface area contributed by atoms with Crippen molar-refractivity contribution in [2.24, 2.45) is 0 Å². The van der Waals surface area contributed by atoms with Crippen molar-refractivity contribution in [2.45, 2.75) is 6.10 Å². The third kappa shape index (κ3) is 2.65. The Bertz CT molecular complexity index is 598. The fourth-order valence-electron chi connectivity index (χ4n) is 1.79. The third-order valence-corrected chi connectivity index (χ3v) is 3.64. The molecule has 5 nitrogen and oxygen atoms in total. The Morgan fingerprint density at radius 1 is 1.47 bits per heavy atom. The zero-order valence-electron chi connectivity index (χ0n) is 10.2. The van der Waals surface area contributed by atoms with Gasteiger partial charge in [-0.15, -0.1) is 23.7 Å². The molecule has 7 heteroatoms. The zero-order chi connectivity index (χ0) is 12.5. The van der Waals surface area contributed by atoms with Gasteiger partial charge in [0.2, 0.25) is 0 Å². The van der Waals surface area contributed by atoms with Crippen LogP contribution in [0.1, 0.15) is 10.4 Å². The Balaban J connectivity index is 0.00000133. The maximum absolute atomic E-state index is 11.6. The van der Waals surface area contributed by atoms with E-state index in [9.17, 15) is 4.79 Å². The molecule has 0 radical (unpaired) electrons. The van der Waals surface area contributed by atoms with Gasteiger partial charge in [0.25, 0.3) is 0 Å². The molecular weight excluding hydrogens is 288 g/mol. The Hall–Kier alpha value is -1.37. The van der Waals surface area contributed by atoms with E-state index in [0.29, 0.717) is 11.3 Å². The first-order chi connectivity index (χ1) is 8.78. The number of esters is 1. The number of fused-ring (bicyclic) bond motifs is 1. The molecule has 1 aliphatic heterocycles. The predicted molar refractivity (Wildman–Crippen MR) is 75.5 cm³/mol. The first kappa shape index (κ1) is 14.0. The van der Waals surface area contributed by atoms with Crippen molar-refractivity contribution in [3.63, 3.8) is 0 Å². The van der Waals surface area contributed by atoms with Crippen molar-refractivity contribution >= 4 is 39.9 Å². The highest BCUT2D eigenvalue weighted by Gasteiger charge is 2.21. The van der Waals surface area contributed by atoms with E-state index in [2.05, 4.69) is 10.3 Å². The molecule has 1 N–H and O–H groups in total. The topological polar surface area (TPSA) is 60.5 Å². The van der Waals surface area contributed by atoms with E-state index in [0.717, 1.165) is 23.3 Å². The molecule has 0 atom stereocenters. The van der Waals surface area contributed by atoms with E-state index >= 15 is 0 Å². The van der Waals surface area contributed by atoms with Crippen molar-refractivity contribution in [3.8, 4) is 5.75 Å². The number of hydrogen-bond acceptors (Lipinski definition) is 6. The van der Waals surface area contributed by atoms with E-state index in [1.165, 1.54) is 18.4 Å². The van der Waals surface area contributed by atoms with E-state index < -0.39 is 0 Å². The smallest absolute Gasteiger partial charge is 0.338 e. The maximum Gasteiger partial charge on any atom is 0.338 e. The molecular formula is C12H13ClN2O3S. The van der Waals surface area contributed by atoms with Crippen LogP contribution >= 0.6 is 23.7 Å². The number of nitrogens with zero attached hydrogens (tertiary/aromatic N) is 1. The molecule has 0 saturated carbocycles. The highest BCUT2D eigenvalue weighted by atomic mass is 35.5. The summed E-state index contributed by atoms with van der Waals surface area (Å²) in [4.78, 5) is 15.9. The lowest BCUT2D eigenvalue weighted by molar-refractivity contribution is 0.0600. The van der Waals surface area contributed by atoms with Gasteiger partial charge < -0.3 is 14.8 Å². The number of aromatic nitrogens is 1. The highest BCUT2D eigenvalue weighted by Crippen LogP contribution is 2.30. The normalized spacial score (nSPS) is 14.6. The second-order valence-electron chi connectivity index (χ2n) is 4.06. The summed E-state index contributed by atoms with van der Waals surface area (Å²) in [5.41, 5.74) is 3.05. The standard InChI is InChI=1S/C12H12N2O3S.ClH/c1-16-12(15)7-2-9(17-8-4-13-5-8)11-10(3-7)18-6-14-11;/h2-3,6,8,13H,4-5H2,1H3;1H. The molecule has 0 amide bonds. The highest BCUT2D eigenvalue weighted by molar-refractivity contribution is 7.16. The number of halogens is 1. The number of carbonyl (C=O) groups excluding carboxylic acids is 1. The quantitative estimate of drug-likeness (QED) is 0.877. The van der Waals surface area contributed by atoms with Gasteiger partial charge in [0.1, 0.15) is 17.4 Å². The number of ether oxygens (including phenoxy) is 2. The minimum atomic E-state index is -0.359. The van der Waals surface area contributed by atoms with Gasteiger partial charge in [-0.05, 0) is 12.1 Å². The van der Waals surface area contributed by atoms with Crippen molar-refractivity contribution in [1.29, 1.82) is 0 Å². The number of rotatable bonds is 3. The Labute approximate surface area is 120 Å². The number of benzene rings is 1. The fraction of sp³-hybridized carbons (Fsp3) is 0.333. The van der Waals surface area contributed by atoms with Crippen LogP contribution in [0.3, 0.4) is 0 Å². The summed E-state index contributed by atoms with van der Waals surface area (Å²) in [5, 5.41) is 3.14. The fourth-order valence-corrected chi connectivity index (χ4v) is 2.52. The summed E-state index contributed by atoms with van der Waals surface area (Å²) in [7, 11) is 1.37. The lowest BCUT2D eigenvalue weighted by atomic mass is 10.2. The van der Waals surface area contributed by atoms with Gasteiger partial charge >= 0.3 is 5.97 Å². The van der Waals surface area contributed by atoms with Crippen LogP contribution in [-0.4, -0.2) is 37.3 Å². The van der Waals surface area contributed by atoms with Crippen LogP contribution in [-0.2, 0) is 4.74 Å². The molecule has 1 saturated heterocycles.